The molecule has 1 aliphatic rings. The van der Waals surface area contributed by atoms with Gasteiger partial charge >= 0.3 is 0 Å². The number of hydrogen-bond acceptors (Lipinski definition) is 4. The fourth-order valence-corrected chi connectivity index (χ4v) is 4.63. The molecule has 1 aromatic rings. The lowest BCUT2D eigenvalue weighted by Gasteiger charge is -2.08. The van der Waals surface area contributed by atoms with E-state index >= 15 is 0 Å². The highest BCUT2D eigenvalue weighted by Crippen LogP contribution is 2.21. The molecule has 1 amide bonds. The summed E-state index contributed by atoms with van der Waals surface area (Å²) in [6.45, 7) is 5.88. The Kier molecular flexibility index (Phi) is 5.01. The SMILES string of the molecule is C/C(=N/NC(=O)C[C@H]1CCS(=O)(=O)C1)c1ccc(C)cc1C. The van der Waals surface area contributed by atoms with Crippen molar-refractivity contribution in [3.63, 3.8) is 0 Å². The van der Waals surface area contributed by atoms with Gasteiger partial charge < -0.3 is 0 Å². The molecule has 6 heteroatoms. The summed E-state index contributed by atoms with van der Waals surface area (Å²) in [6.07, 6.45) is 0.776. The number of sulfone groups is 1. The number of rotatable bonds is 4. The first-order valence-corrected chi connectivity index (χ1v) is 9.20. The summed E-state index contributed by atoms with van der Waals surface area (Å²) in [4.78, 5) is 11.9. The van der Waals surface area contributed by atoms with E-state index < -0.39 is 9.84 Å². The summed E-state index contributed by atoms with van der Waals surface area (Å²) >= 11 is 0. The molecule has 0 radical (unpaired) electrons. The fraction of sp³-hybridized carbons (Fsp3) is 0.500. The average Bonchev–Trinajstić information content (AvgIpc) is 2.75. The molecule has 1 N–H and O–H groups in total. The van der Waals surface area contributed by atoms with Crippen LogP contribution in [0.15, 0.2) is 23.3 Å². The second kappa shape index (κ2) is 6.60. The number of benzene rings is 1. The van der Waals surface area contributed by atoms with Crippen LogP contribution in [0.25, 0.3) is 0 Å². The summed E-state index contributed by atoms with van der Waals surface area (Å²) in [5.41, 5.74) is 6.56. The van der Waals surface area contributed by atoms with Crippen LogP contribution in [-0.2, 0) is 14.6 Å². The summed E-state index contributed by atoms with van der Waals surface area (Å²) in [7, 11) is -2.94. The minimum absolute atomic E-state index is 0.0818. The lowest BCUT2D eigenvalue weighted by Crippen LogP contribution is -2.22. The Morgan fingerprint density at radius 2 is 2.09 bits per heavy atom. The molecule has 0 aromatic heterocycles. The van der Waals surface area contributed by atoms with Crippen molar-refractivity contribution in [1.29, 1.82) is 0 Å². The van der Waals surface area contributed by atoms with Gasteiger partial charge in [-0.15, -0.1) is 0 Å². The number of nitrogens with one attached hydrogen (secondary N) is 1. The third kappa shape index (κ3) is 4.40. The molecule has 1 fully saturated rings. The average molecular weight is 322 g/mol. The van der Waals surface area contributed by atoms with Crippen molar-refractivity contribution in [2.75, 3.05) is 11.5 Å². The number of amides is 1. The molecule has 1 aliphatic heterocycles. The maximum absolute atomic E-state index is 11.9. The van der Waals surface area contributed by atoms with Crippen molar-refractivity contribution in [3.8, 4) is 0 Å². The number of hydrazone groups is 1. The molecule has 0 unspecified atom stereocenters. The molecule has 22 heavy (non-hydrogen) atoms. The topological polar surface area (TPSA) is 75.6 Å². The molecular weight excluding hydrogens is 300 g/mol. The third-order valence-electron chi connectivity index (χ3n) is 3.92. The zero-order chi connectivity index (χ0) is 16.3. The molecule has 1 aromatic carbocycles. The smallest absolute Gasteiger partial charge is 0.240 e. The van der Waals surface area contributed by atoms with E-state index in [0.717, 1.165) is 16.8 Å². The van der Waals surface area contributed by atoms with Crippen LogP contribution in [0.2, 0.25) is 0 Å². The molecule has 0 saturated carbocycles. The Balaban J connectivity index is 1.94. The summed E-state index contributed by atoms with van der Waals surface area (Å²) in [5.74, 6) is -0.0106. The van der Waals surface area contributed by atoms with E-state index in [1.54, 1.807) is 0 Å². The minimum atomic E-state index is -2.94. The number of carbonyl (C=O) groups excluding carboxylic acids is 1. The first-order valence-electron chi connectivity index (χ1n) is 7.38. The number of hydrogen-bond donors (Lipinski definition) is 1. The van der Waals surface area contributed by atoms with E-state index in [9.17, 15) is 13.2 Å². The Hall–Kier alpha value is -1.69. The molecule has 5 nitrogen and oxygen atoms in total. The van der Waals surface area contributed by atoms with Crippen LogP contribution in [0.5, 0.6) is 0 Å². The zero-order valence-corrected chi connectivity index (χ0v) is 14.0. The van der Waals surface area contributed by atoms with Gasteiger partial charge in [-0.2, -0.15) is 5.10 Å². The predicted octanol–water partition coefficient (Wildman–Crippen LogP) is 1.97. The monoisotopic (exact) mass is 322 g/mol. The number of aryl methyl sites for hydroxylation is 2. The first kappa shape index (κ1) is 16.7. The fourth-order valence-electron chi connectivity index (χ4n) is 2.77. The number of nitrogens with zero attached hydrogens (tertiary/aromatic N) is 1. The molecule has 2 rings (SSSR count). The quantitative estimate of drug-likeness (QED) is 0.680. The van der Waals surface area contributed by atoms with E-state index in [-0.39, 0.29) is 29.8 Å². The van der Waals surface area contributed by atoms with Gasteiger partial charge in [-0.05, 0) is 38.7 Å². The minimum Gasteiger partial charge on any atom is -0.273 e. The van der Waals surface area contributed by atoms with E-state index in [1.165, 1.54) is 5.56 Å². The van der Waals surface area contributed by atoms with Gasteiger partial charge in [0.05, 0.1) is 17.2 Å². The molecule has 0 spiro atoms. The van der Waals surface area contributed by atoms with Gasteiger partial charge in [-0.25, -0.2) is 13.8 Å². The second-order valence-corrected chi connectivity index (χ2v) is 8.25. The highest BCUT2D eigenvalue weighted by molar-refractivity contribution is 7.91. The lowest BCUT2D eigenvalue weighted by atomic mass is 10.0. The van der Waals surface area contributed by atoms with Gasteiger partial charge in [0, 0.05) is 12.0 Å². The van der Waals surface area contributed by atoms with Gasteiger partial charge in [0.1, 0.15) is 0 Å². The largest absolute Gasteiger partial charge is 0.273 e. The van der Waals surface area contributed by atoms with E-state index in [2.05, 4.69) is 16.6 Å². The molecule has 1 saturated heterocycles. The Labute approximate surface area is 131 Å². The Morgan fingerprint density at radius 3 is 2.68 bits per heavy atom. The molecule has 0 bridgehead atoms. The summed E-state index contributed by atoms with van der Waals surface area (Å²) in [6, 6.07) is 6.06. The van der Waals surface area contributed by atoms with Gasteiger partial charge in [0.2, 0.25) is 5.91 Å². The summed E-state index contributed by atoms with van der Waals surface area (Å²) < 4.78 is 22.8. The highest BCUT2D eigenvalue weighted by Gasteiger charge is 2.29. The van der Waals surface area contributed by atoms with E-state index in [4.69, 9.17) is 0 Å². The van der Waals surface area contributed by atoms with Crippen LogP contribution >= 0.6 is 0 Å². The van der Waals surface area contributed by atoms with Crippen LogP contribution < -0.4 is 5.43 Å². The highest BCUT2D eigenvalue weighted by atomic mass is 32.2. The van der Waals surface area contributed by atoms with Crippen molar-refractivity contribution in [2.45, 2.75) is 33.6 Å². The molecule has 1 atom stereocenters. The Morgan fingerprint density at radius 1 is 1.36 bits per heavy atom. The maximum Gasteiger partial charge on any atom is 0.240 e. The van der Waals surface area contributed by atoms with Gasteiger partial charge in [0.15, 0.2) is 9.84 Å². The molecule has 1 heterocycles. The second-order valence-electron chi connectivity index (χ2n) is 6.02. The zero-order valence-electron chi connectivity index (χ0n) is 13.2. The molecule has 120 valence electrons. The Bertz CT molecular complexity index is 708. The first-order chi connectivity index (χ1) is 10.3. The standard InChI is InChI=1S/C16H22N2O3S/c1-11-4-5-15(12(2)8-11)13(3)17-18-16(19)9-14-6-7-22(20,21)10-14/h4-5,8,14H,6-7,9-10H2,1-3H3,(H,18,19)/b17-13-/t14-/m1/s1. The van der Waals surface area contributed by atoms with Crippen LogP contribution in [0.1, 0.15) is 36.5 Å². The van der Waals surface area contributed by atoms with Crippen molar-refractivity contribution in [2.24, 2.45) is 11.0 Å². The van der Waals surface area contributed by atoms with Crippen LogP contribution in [-0.4, -0.2) is 31.5 Å². The van der Waals surface area contributed by atoms with Crippen molar-refractivity contribution in [1.82, 2.24) is 5.43 Å². The van der Waals surface area contributed by atoms with Crippen LogP contribution in [0.3, 0.4) is 0 Å². The number of carbonyl (C=O) groups is 1. The molecule has 0 aliphatic carbocycles. The van der Waals surface area contributed by atoms with Crippen LogP contribution in [0.4, 0.5) is 0 Å². The summed E-state index contributed by atoms with van der Waals surface area (Å²) in [5, 5.41) is 4.13. The molecular formula is C16H22N2O3S. The predicted molar refractivity (Wildman–Crippen MR) is 87.6 cm³/mol. The third-order valence-corrected chi connectivity index (χ3v) is 5.76. The van der Waals surface area contributed by atoms with E-state index in [1.807, 2.05) is 32.9 Å². The van der Waals surface area contributed by atoms with Crippen LogP contribution in [0, 0.1) is 19.8 Å². The lowest BCUT2D eigenvalue weighted by molar-refractivity contribution is -0.121. The van der Waals surface area contributed by atoms with Gasteiger partial charge in [-0.1, -0.05) is 23.8 Å². The van der Waals surface area contributed by atoms with Gasteiger partial charge in [-0.3, -0.25) is 4.79 Å². The van der Waals surface area contributed by atoms with Crippen molar-refractivity contribution >= 4 is 21.5 Å². The normalized spacial score (nSPS) is 20.9. The van der Waals surface area contributed by atoms with Crippen molar-refractivity contribution < 1.29 is 13.2 Å². The van der Waals surface area contributed by atoms with Crippen molar-refractivity contribution in [3.05, 3.63) is 34.9 Å². The maximum atomic E-state index is 11.9. The van der Waals surface area contributed by atoms with E-state index in [0.29, 0.717) is 6.42 Å². The van der Waals surface area contributed by atoms with Gasteiger partial charge in [0.25, 0.3) is 0 Å².